The molecule has 0 saturated heterocycles. The molecule has 5 N–H and O–H groups in total. The summed E-state index contributed by atoms with van der Waals surface area (Å²) in [7, 11) is 0. The molecule has 0 aliphatic heterocycles. The van der Waals surface area contributed by atoms with E-state index in [1.54, 1.807) is 24.3 Å². The highest BCUT2D eigenvalue weighted by Gasteiger charge is 2.21. The van der Waals surface area contributed by atoms with Gasteiger partial charge in [-0.25, -0.2) is 9.59 Å². The van der Waals surface area contributed by atoms with Gasteiger partial charge in [-0.1, -0.05) is 30.3 Å². The Morgan fingerprint density at radius 1 is 1.20 bits per heavy atom. The molecule has 0 aromatic heterocycles. The Kier molecular flexibility index (Phi) is 5.52. The first-order valence-electron chi connectivity index (χ1n) is 6.03. The third kappa shape index (κ3) is 4.97. The maximum Gasteiger partial charge on any atom is 0.326 e. The van der Waals surface area contributed by atoms with Crippen molar-refractivity contribution in [1.82, 2.24) is 10.6 Å². The summed E-state index contributed by atoms with van der Waals surface area (Å²) in [6.45, 7) is 1.41. The Bertz CT molecular complexity index is 490. The van der Waals surface area contributed by atoms with Gasteiger partial charge < -0.3 is 21.5 Å². The molecule has 2 atom stereocenters. The van der Waals surface area contributed by atoms with Gasteiger partial charge in [0.05, 0.1) is 0 Å². The molecule has 1 rings (SSSR count). The SMILES string of the molecule is CC(NC(=O)N[C@H](Cc1ccccc1)C(=O)O)C(N)=O. The predicted molar refractivity (Wildman–Crippen MR) is 71.9 cm³/mol. The molecule has 0 bridgehead atoms. The van der Waals surface area contributed by atoms with Gasteiger partial charge in [-0.3, -0.25) is 4.79 Å². The zero-order valence-corrected chi connectivity index (χ0v) is 11.0. The zero-order chi connectivity index (χ0) is 15.1. The molecule has 0 spiro atoms. The van der Waals surface area contributed by atoms with Crippen molar-refractivity contribution in [3.8, 4) is 0 Å². The highest BCUT2D eigenvalue weighted by molar-refractivity contribution is 5.87. The molecule has 0 fully saturated rings. The largest absolute Gasteiger partial charge is 0.480 e. The van der Waals surface area contributed by atoms with Crippen molar-refractivity contribution < 1.29 is 19.5 Å². The number of nitrogens with one attached hydrogen (secondary N) is 2. The van der Waals surface area contributed by atoms with Gasteiger partial charge in [0.15, 0.2) is 0 Å². The molecule has 0 saturated carbocycles. The zero-order valence-electron chi connectivity index (χ0n) is 11.0. The lowest BCUT2D eigenvalue weighted by Crippen LogP contribution is -2.52. The lowest BCUT2D eigenvalue weighted by Gasteiger charge is -2.17. The standard InChI is InChI=1S/C13H17N3O4/c1-8(11(14)17)15-13(20)16-10(12(18)19)7-9-5-3-2-4-6-9/h2-6,8,10H,7H2,1H3,(H2,14,17)(H,18,19)(H2,15,16,20)/t8?,10-/m1/s1. The van der Waals surface area contributed by atoms with Gasteiger partial charge in [0, 0.05) is 6.42 Å². The third-order valence-corrected chi connectivity index (χ3v) is 2.66. The van der Waals surface area contributed by atoms with Gasteiger partial charge in [0.25, 0.3) is 0 Å². The number of primary amides is 1. The number of benzene rings is 1. The van der Waals surface area contributed by atoms with Gasteiger partial charge >= 0.3 is 12.0 Å². The molecular weight excluding hydrogens is 262 g/mol. The van der Waals surface area contributed by atoms with E-state index in [0.29, 0.717) is 0 Å². The van der Waals surface area contributed by atoms with Crippen LogP contribution in [0.2, 0.25) is 0 Å². The van der Waals surface area contributed by atoms with E-state index in [-0.39, 0.29) is 6.42 Å². The van der Waals surface area contributed by atoms with Crippen molar-refractivity contribution in [2.75, 3.05) is 0 Å². The van der Waals surface area contributed by atoms with Crippen molar-refractivity contribution in [3.05, 3.63) is 35.9 Å². The number of aliphatic carboxylic acids is 1. The molecular formula is C13H17N3O4. The smallest absolute Gasteiger partial charge is 0.326 e. The first-order valence-corrected chi connectivity index (χ1v) is 6.03. The fourth-order valence-electron chi connectivity index (χ4n) is 1.52. The number of urea groups is 1. The van der Waals surface area contributed by atoms with Crippen LogP contribution < -0.4 is 16.4 Å². The van der Waals surface area contributed by atoms with Gasteiger partial charge in [0.2, 0.25) is 5.91 Å². The molecule has 0 aliphatic carbocycles. The molecule has 7 nitrogen and oxygen atoms in total. The van der Waals surface area contributed by atoms with E-state index in [1.807, 2.05) is 6.07 Å². The molecule has 3 amide bonds. The van der Waals surface area contributed by atoms with Crippen LogP contribution in [0.3, 0.4) is 0 Å². The number of rotatable bonds is 6. The van der Waals surface area contributed by atoms with E-state index in [4.69, 9.17) is 10.8 Å². The maximum absolute atomic E-state index is 11.6. The Morgan fingerprint density at radius 2 is 1.80 bits per heavy atom. The van der Waals surface area contributed by atoms with E-state index in [9.17, 15) is 14.4 Å². The van der Waals surface area contributed by atoms with Crippen molar-refractivity contribution >= 4 is 17.9 Å². The third-order valence-electron chi connectivity index (χ3n) is 2.66. The van der Waals surface area contributed by atoms with E-state index >= 15 is 0 Å². The minimum absolute atomic E-state index is 0.147. The lowest BCUT2D eigenvalue weighted by atomic mass is 10.1. The molecule has 1 unspecified atom stereocenters. The second-order valence-corrected chi connectivity index (χ2v) is 4.32. The van der Waals surface area contributed by atoms with E-state index in [0.717, 1.165) is 5.56 Å². The Balaban J connectivity index is 2.62. The molecule has 20 heavy (non-hydrogen) atoms. The topological polar surface area (TPSA) is 122 Å². The second kappa shape index (κ2) is 7.13. The van der Waals surface area contributed by atoms with Crippen LogP contribution in [0.1, 0.15) is 12.5 Å². The lowest BCUT2D eigenvalue weighted by molar-refractivity contribution is -0.139. The van der Waals surface area contributed by atoms with Gasteiger partial charge in [-0.2, -0.15) is 0 Å². The summed E-state index contributed by atoms with van der Waals surface area (Å²) in [5.41, 5.74) is 5.78. The molecule has 0 heterocycles. The summed E-state index contributed by atoms with van der Waals surface area (Å²) in [5, 5.41) is 13.6. The van der Waals surface area contributed by atoms with Crippen molar-refractivity contribution in [2.45, 2.75) is 25.4 Å². The van der Waals surface area contributed by atoms with Crippen molar-refractivity contribution in [2.24, 2.45) is 5.73 Å². The van der Waals surface area contributed by atoms with Gasteiger partial charge in [0.1, 0.15) is 12.1 Å². The van der Waals surface area contributed by atoms with E-state index in [1.165, 1.54) is 6.92 Å². The predicted octanol–water partition coefficient (Wildman–Crippen LogP) is -0.145. The summed E-state index contributed by atoms with van der Waals surface area (Å²) < 4.78 is 0. The van der Waals surface area contributed by atoms with Crippen LogP contribution in [0.25, 0.3) is 0 Å². The summed E-state index contributed by atoms with van der Waals surface area (Å²) in [6, 6.07) is 6.20. The molecule has 108 valence electrons. The fourth-order valence-corrected chi connectivity index (χ4v) is 1.52. The summed E-state index contributed by atoms with van der Waals surface area (Å²) in [6.07, 6.45) is 0.147. The van der Waals surface area contributed by atoms with Crippen LogP contribution in [0.5, 0.6) is 0 Å². The molecule has 1 aromatic carbocycles. The number of hydrogen-bond acceptors (Lipinski definition) is 3. The van der Waals surface area contributed by atoms with Crippen LogP contribution in [-0.2, 0) is 16.0 Å². The second-order valence-electron chi connectivity index (χ2n) is 4.32. The van der Waals surface area contributed by atoms with Crippen LogP contribution in [0.15, 0.2) is 30.3 Å². The normalized spacial score (nSPS) is 13.1. The monoisotopic (exact) mass is 279 g/mol. The minimum atomic E-state index is -1.16. The average Bonchev–Trinajstić information content (AvgIpc) is 2.38. The van der Waals surface area contributed by atoms with Gasteiger partial charge in [-0.05, 0) is 12.5 Å². The summed E-state index contributed by atoms with van der Waals surface area (Å²) in [5.74, 6) is -1.86. The van der Waals surface area contributed by atoms with E-state index < -0.39 is 30.0 Å². The Morgan fingerprint density at radius 3 is 2.30 bits per heavy atom. The number of amides is 3. The minimum Gasteiger partial charge on any atom is -0.480 e. The van der Waals surface area contributed by atoms with Crippen LogP contribution in [0.4, 0.5) is 4.79 Å². The number of carboxylic acids is 1. The fraction of sp³-hybridized carbons (Fsp3) is 0.308. The first-order chi connectivity index (χ1) is 9.40. The van der Waals surface area contributed by atoms with Gasteiger partial charge in [-0.15, -0.1) is 0 Å². The maximum atomic E-state index is 11.6. The first kappa shape index (κ1) is 15.5. The average molecular weight is 279 g/mol. The van der Waals surface area contributed by atoms with Crippen LogP contribution in [-0.4, -0.2) is 35.1 Å². The van der Waals surface area contributed by atoms with Crippen LogP contribution >= 0.6 is 0 Å². The molecule has 0 aliphatic rings. The van der Waals surface area contributed by atoms with E-state index in [2.05, 4.69) is 10.6 Å². The number of carbonyl (C=O) groups excluding carboxylic acids is 2. The highest BCUT2D eigenvalue weighted by Crippen LogP contribution is 2.03. The quantitative estimate of drug-likeness (QED) is 0.578. The van der Waals surface area contributed by atoms with Crippen molar-refractivity contribution in [3.63, 3.8) is 0 Å². The van der Waals surface area contributed by atoms with Crippen molar-refractivity contribution in [1.29, 1.82) is 0 Å². The molecule has 0 radical (unpaired) electrons. The number of carboxylic acid groups (broad SMARTS) is 1. The number of hydrogen-bond donors (Lipinski definition) is 4. The Labute approximate surface area is 116 Å². The van der Waals surface area contributed by atoms with Crippen LogP contribution in [0, 0.1) is 0 Å². The summed E-state index contributed by atoms with van der Waals surface area (Å²) in [4.78, 5) is 33.5. The number of carbonyl (C=O) groups is 3. The molecule has 7 heteroatoms. The Hall–Kier alpha value is -2.57. The highest BCUT2D eigenvalue weighted by atomic mass is 16.4. The molecule has 1 aromatic rings. The summed E-state index contributed by atoms with van der Waals surface area (Å²) >= 11 is 0. The number of nitrogens with two attached hydrogens (primary N) is 1.